The Morgan fingerprint density at radius 1 is 1.25 bits per heavy atom. The number of benzene rings is 1. The molecule has 3 rings (SSSR count). The number of rotatable bonds is 4. The molecule has 0 aliphatic carbocycles. The average molecular weight is 268 g/mol. The summed E-state index contributed by atoms with van der Waals surface area (Å²) in [5.41, 5.74) is 3.94. The van der Waals surface area contributed by atoms with Gasteiger partial charge in [-0.15, -0.1) is 0 Å². The summed E-state index contributed by atoms with van der Waals surface area (Å²) >= 11 is 0. The summed E-state index contributed by atoms with van der Waals surface area (Å²) in [7, 11) is 0. The van der Waals surface area contributed by atoms with Gasteiger partial charge in [-0.1, -0.05) is 12.1 Å². The van der Waals surface area contributed by atoms with Gasteiger partial charge >= 0.3 is 0 Å². The minimum Gasteiger partial charge on any atom is -0.395 e. The molecule has 0 atom stereocenters. The highest BCUT2D eigenvalue weighted by molar-refractivity contribution is 5.88. The van der Waals surface area contributed by atoms with Crippen LogP contribution in [0.4, 0.5) is 11.5 Å². The van der Waals surface area contributed by atoms with Crippen LogP contribution >= 0.6 is 0 Å². The van der Waals surface area contributed by atoms with Crippen molar-refractivity contribution in [3.8, 4) is 0 Å². The van der Waals surface area contributed by atoms with Gasteiger partial charge in [-0.25, -0.2) is 9.97 Å². The molecule has 0 fully saturated rings. The Hall–Kier alpha value is -2.40. The standard InChI is InChI=1S/C15H16N4O/c1-11-3-2-4-12(9-11)18-15-14-13(16-10-17-15)5-6-19(14)7-8-20/h2-6,9-10,20H,7-8H2,1H3,(H,16,17,18). The third-order valence-electron chi connectivity index (χ3n) is 3.17. The Labute approximate surface area is 116 Å². The first-order valence-corrected chi connectivity index (χ1v) is 6.52. The molecule has 0 radical (unpaired) electrons. The Kier molecular flexibility index (Phi) is 3.35. The third kappa shape index (κ3) is 2.35. The minimum absolute atomic E-state index is 0.0859. The van der Waals surface area contributed by atoms with E-state index in [1.54, 1.807) is 6.33 Å². The first-order valence-electron chi connectivity index (χ1n) is 6.52. The number of aliphatic hydroxyl groups is 1. The number of aryl methyl sites for hydroxylation is 1. The van der Waals surface area contributed by atoms with Gasteiger partial charge in [-0.05, 0) is 30.7 Å². The summed E-state index contributed by atoms with van der Waals surface area (Å²) in [5.74, 6) is 0.749. The minimum atomic E-state index is 0.0859. The molecule has 2 heterocycles. The highest BCUT2D eigenvalue weighted by Gasteiger charge is 2.09. The van der Waals surface area contributed by atoms with E-state index < -0.39 is 0 Å². The fraction of sp³-hybridized carbons (Fsp3) is 0.200. The van der Waals surface area contributed by atoms with E-state index in [1.165, 1.54) is 5.56 Å². The van der Waals surface area contributed by atoms with Gasteiger partial charge in [-0.3, -0.25) is 0 Å². The van der Waals surface area contributed by atoms with Gasteiger partial charge in [-0.2, -0.15) is 0 Å². The second-order valence-corrected chi connectivity index (χ2v) is 4.68. The van der Waals surface area contributed by atoms with E-state index in [0.717, 1.165) is 22.5 Å². The predicted octanol–water partition coefficient (Wildman–Crippen LogP) is 2.48. The number of nitrogens with one attached hydrogen (secondary N) is 1. The number of nitrogens with zero attached hydrogens (tertiary/aromatic N) is 3. The summed E-state index contributed by atoms with van der Waals surface area (Å²) in [6, 6.07) is 10.0. The van der Waals surface area contributed by atoms with Gasteiger partial charge in [0.1, 0.15) is 11.8 Å². The van der Waals surface area contributed by atoms with Crippen LogP contribution in [0.5, 0.6) is 0 Å². The van der Waals surface area contributed by atoms with Crippen LogP contribution in [0.3, 0.4) is 0 Å². The van der Waals surface area contributed by atoms with E-state index in [2.05, 4.69) is 34.3 Å². The molecule has 0 bridgehead atoms. The van der Waals surface area contributed by atoms with Gasteiger partial charge in [0.2, 0.25) is 0 Å². The average Bonchev–Trinajstić information content (AvgIpc) is 2.84. The van der Waals surface area contributed by atoms with E-state index in [4.69, 9.17) is 5.11 Å². The molecule has 0 aliphatic heterocycles. The Bertz CT molecular complexity index is 736. The van der Waals surface area contributed by atoms with Crippen molar-refractivity contribution in [1.29, 1.82) is 0 Å². The normalized spacial score (nSPS) is 10.9. The van der Waals surface area contributed by atoms with Crippen LogP contribution in [-0.4, -0.2) is 26.2 Å². The second kappa shape index (κ2) is 5.30. The predicted molar refractivity (Wildman–Crippen MR) is 79.1 cm³/mol. The van der Waals surface area contributed by atoms with Gasteiger partial charge in [0.05, 0.1) is 12.1 Å². The smallest absolute Gasteiger partial charge is 0.158 e. The molecule has 5 heteroatoms. The van der Waals surface area contributed by atoms with E-state index in [9.17, 15) is 0 Å². The number of aliphatic hydroxyl groups excluding tert-OH is 1. The first-order chi connectivity index (χ1) is 9.78. The topological polar surface area (TPSA) is 63.0 Å². The molecule has 102 valence electrons. The molecule has 5 nitrogen and oxygen atoms in total. The highest BCUT2D eigenvalue weighted by atomic mass is 16.3. The van der Waals surface area contributed by atoms with Crippen molar-refractivity contribution in [2.24, 2.45) is 0 Å². The maximum atomic E-state index is 9.13. The molecule has 0 saturated carbocycles. The zero-order chi connectivity index (χ0) is 13.9. The van der Waals surface area contributed by atoms with Crippen LogP contribution in [0, 0.1) is 6.92 Å². The Morgan fingerprint density at radius 3 is 2.95 bits per heavy atom. The largest absolute Gasteiger partial charge is 0.395 e. The molecular formula is C15H16N4O. The lowest BCUT2D eigenvalue weighted by atomic mass is 10.2. The summed E-state index contributed by atoms with van der Waals surface area (Å²) < 4.78 is 1.95. The SMILES string of the molecule is Cc1cccc(Nc2ncnc3ccn(CCO)c23)c1. The lowest BCUT2D eigenvalue weighted by Gasteiger charge is -2.10. The summed E-state index contributed by atoms with van der Waals surface area (Å²) in [5, 5.41) is 12.5. The van der Waals surface area contributed by atoms with Crippen LogP contribution in [-0.2, 0) is 6.54 Å². The number of anilines is 2. The molecule has 0 spiro atoms. The van der Waals surface area contributed by atoms with Gasteiger partial charge in [0.25, 0.3) is 0 Å². The number of hydrogen-bond acceptors (Lipinski definition) is 4. The van der Waals surface area contributed by atoms with Gasteiger partial charge < -0.3 is 15.0 Å². The number of aromatic nitrogens is 3. The Balaban J connectivity index is 2.04. The Morgan fingerprint density at radius 2 is 2.15 bits per heavy atom. The molecule has 0 amide bonds. The van der Waals surface area contributed by atoms with E-state index in [1.807, 2.05) is 29.0 Å². The van der Waals surface area contributed by atoms with Crippen LogP contribution in [0.1, 0.15) is 5.56 Å². The van der Waals surface area contributed by atoms with Crippen LogP contribution in [0.25, 0.3) is 11.0 Å². The maximum absolute atomic E-state index is 9.13. The number of fused-ring (bicyclic) bond motifs is 1. The van der Waals surface area contributed by atoms with Gasteiger partial charge in [0.15, 0.2) is 5.82 Å². The van der Waals surface area contributed by atoms with Crippen molar-refractivity contribution in [1.82, 2.24) is 14.5 Å². The maximum Gasteiger partial charge on any atom is 0.158 e. The molecule has 0 saturated heterocycles. The monoisotopic (exact) mass is 268 g/mol. The van der Waals surface area contributed by atoms with Crippen molar-refractivity contribution in [3.05, 3.63) is 48.4 Å². The third-order valence-corrected chi connectivity index (χ3v) is 3.17. The molecule has 2 N–H and O–H groups in total. The number of hydrogen-bond donors (Lipinski definition) is 2. The molecule has 1 aromatic carbocycles. The van der Waals surface area contributed by atoms with Crippen LogP contribution in [0.2, 0.25) is 0 Å². The van der Waals surface area contributed by atoms with Crippen molar-refractivity contribution >= 4 is 22.5 Å². The lowest BCUT2D eigenvalue weighted by molar-refractivity contribution is 0.278. The second-order valence-electron chi connectivity index (χ2n) is 4.68. The summed E-state index contributed by atoms with van der Waals surface area (Å²) in [6.07, 6.45) is 3.46. The summed E-state index contributed by atoms with van der Waals surface area (Å²) in [6.45, 7) is 2.66. The van der Waals surface area contributed by atoms with Gasteiger partial charge in [0, 0.05) is 18.4 Å². The molecule has 20 heavy (non-hydrogen) atoms. The summed E-state index contributed by atoms with van der Waals surface area (Å²) in [4.78, 5) is 8.57. The highest BCUT2D eigenvalue weighted by Crippen LogP contribution is 2.24. The van der Waals surface area contributed by atoms with Crippen molar-refractivity contribution in [2.45, 2.75) is 13.5 Å². The van der Waals surface area contributed by atoms with Crippen molar-refractivity contribution < 1.29 is 5.11 Å². The zero-order valence-corrected chi connectivity index (χ0v) is 11.2. The van der Waals surface area contributed by atoms with Crippen molar-refractivity contribution in [3.63, 3.8) is 0 Å². The molecule has 2 aromatic heterocycles. The molecule has 3 aromatic rings. The fourth-order valence-corrected chi connectivity index (χ4v) is 2.28. The van der Waals surface area contributed by atoms with E-state index in [0.29, 0.717) is 6.54 Å². The van der Waals surface area contributed by atoms with Crippen LogP contribution < -0.4 is 5.32 Å². The van der Waals surface area contributed by atoms with Crippen molar-refractivity contribution in [2.75, 3.05) is 11.9 Å². The molecule has 0 aliphatic rings. The lowest BCUT2D eigenvalue weighted by Crippen LogP contribution is -2.04. The quantitative estimate of drug-likeness (QED) is 0.763. The van der Waals surface area contributed by atoms with Crippen LogP contribution in [0.15, 0.2) is 42.9 Å². The van der Waals surface area contributed by atoms with E-state index >= 15 is 0 Å². The fourth-order valence-electron chi connectivity index (χ4n) is 2.28. The van der Waals surface area contributed by atoms with E-state index in [-0.39, 0.29) is 6.61 Å². The zero-order valence-electron chi connectivity index (χ0n) is 11.2. The molecule has 0 unspecified atom stereocenters. The molecular weight excluding hydrogens is 252 g/mol. The first kappa shape index (κ1) is 12.6.